The lowest BCUT2D eigenvalue weighted by atomic mass is 9.86. The van der Waals surface area contributed by atoms with Crippen molar-refractivity contribution in [1.29, 1.82) is 5.26 Å². The third kappa shape index (κ3) is 4.13. The SMILES string of the molecule is CCN(CC)c1nc(SC)nc(-c2ccc(C(C)(C)C)cc2)c1C#N. The molecule has 0 fully saturated rings. The Morgan fingerprint density at radius 3 is 2.12 bits per heavy atom. The van der Waals surface area contributed by atoms with Crippen LogP contribution in [0.3, 0.4) is 0 Å². The number of aromatic nitrogens is 2. The third-order valence-electron chi connectivity index (χ3n) is 4.25. The van der Waals surface area contributed by atoms with Crippen LogP contribution in [0.25, 0.3) is 11.3 Å². The molecule has 1 aromatic heterocycles. The van der Waals surface area contributed by atoms with Crippen molar-refractivity contribution in [3.05, 3.63) is 35.4 Å². The van der Waals surface area contributed by atoms with Crippen molar-refractivity contribution in [2.75, 3.05) is 24.2 Å². The highest BCUT2D eigenvalue weighted by Gasteiger charge is 2.20. The topological polar surface area (TPSA) is 52.8 Å². The molecule has 0 aliphatic carbocycles. The molecule has 0 saturated carbocycles. The first-order valence-corrected chi connectivity index (χ1v) is 9.80. The number of benzene rings is 1. The molecule has 0 saturated heterocycles. The molecule has 25 heavy (non-hydrogen) atoms. The number of thioether (sulfide) groups is 1. The van der Waals surface area contributed by atoms with E-state index in [2.05, 4.69) is 79.8 Å². The van der Waals surface area contributed by atoms with E-state index in [9.17, 15) is 5.26 Å². The summed E-state index contributed by atoms with van der Waals surface area (Å²) in [5.74, 6) is 0.724. The van der Waals surface area contributed by atoms with E-state index in [0.717, 1.165) is 24.5 Å². The fourth-order valence-corrected chi connectivity index (χ4v) is 3.07. The molecule has 0 aliphatic rings. The van der Waals surface area contributed by atoms with E-state index in [4.69, 9.17) is 0 Å². The average Bonchev–Trinajstić information content (AvgIpc) is 2.61. The van der Waals surface area contributed by atoms with Crippen molar-refractivity contribution >= 4 is 17.6 Å². The standard InChI is InChI=1S/C20H26N4S/c1-7-24(8-2)18-16(13-21)17(22-19(23-18)25-6)14-9-11-15(12-10-14)20(3,4)5/h9-12H,7-8H2,1-6H3. The zero-order chi connectivity index (χ0) is 18.6. The summed E-state index contributed by atoms with van der Waals surface area (Å²) in [6, 6.07) is 10.7. The molecule has 0 spiro atoms. The van der Waals surface area contributed by atoms with Crippen molar-refractivity contribution in [2.45, 2.75) is 45.2 Å². The number of hydrogen-bond donors (Lipinski definition) is 0. The van der Waals surface area contributed by atoms with Crippen LogP contribution >= 0.6 is 11.8 Å². The second-order valence-electron chi connectivity index (χ2n) is 6.87. The molecule has 0 amide bonds. The van der Waals surface area contributed by atoms with Gasteiger partial charge >= 0.3 is 0 Å². The Morgan fingerprint density at radius 2 is 1.68 bits per heavy atom. The van der Waals surface area contributed by atoms with Gasteiger partial charge in [-0.05, 0) is 31.1 Å². The highest BCUT2D eigenvalue weighted by molar-refractivity contribution is 7.98. The Bertz CT molecular complexity index is 766. The molecule has 0 aliphatic heterocycles. The molecule has 0 radical (unpaired) electrons. The van der Waals surface area contributed by atoms with Gasteiger partial charge in [-0.3, -0.25) is 0 Å². The van der Waals surface area contributed by atoms with Crippen LogP contribution in [0.15, 0.2) is 29.4 Å². The minimum Gasteiger partial charge on any atom is -0.356 e. The Labute approximate surface area is 155 Å². The predicted molar refractivity (Wildman–Crippen MR) is 106 cm³/mol. The second kappa shape index (κ2) is 7.88. The summed E-state index contributed by atoms with van der Waals surface area (Å²) in [4.78, 5) is 11.3. The van der Waals surface area contributed by atoms with Gasteiger partial charge in [-0.25, -0.2) is 9.97 Å². The van der Waals surface area contributed by atoms with Gasteiger partial charge < -0.3 is 4.90 Å². The van der Waals surface area contributed by atoms with Crippen molar-refractivity contribution < 1.29 is 0 Å². The van der Waals surface area contributed by atoms with Gasteiger partial charge in [0, 0.05) is 18.7 Å². The molecule has 0 unspecified atom stereocenters. The maximum atomic E-state index is 9.78. The largest absolute Gasteiger partial charge is 0.356 e. The van der Waals surface area contributed by atoms with Crippen LogP contribution in [0.1, 0.15) is 45.7 Å². The summed E-state index contributed by atoms with van der Waals surface area (Å²) >= 11 is 1.50. The lowest BCUT2D eigenvalue weighted by Crippen LogP contribution is -2.25. The molecule has 0 N–H and O–H groups in total. The Kier molecular flexibility index (Phi) is 6.07. The molecule has 0 bridgehead atoms. The van der Waals surface area contributed by atoms with Crippen LogP contribution in [0, 0.1) is 11.3 Å². The normalized spacial score (nSPS) is 11.2. The van der Waals surface area contributed by atoms with Crippen LogP contribution in [-0.2, 0) is 5.41 Å². The van der Waals surface area contributed by atoms with Crippen molar-refractivity contribution in [3.8, 4) is 17.3 Å². The van der Waals surface area contributed by atoms with Crippen LogP contribution in [0.2, 0.25) is 0 Å². The third-order valence-corrected chi connectivity index (χ3v) is 4.80. The summed E-state index contributed by atoms with van der Waals surface area (Å²) in [5, 5.41) is 10.5. The first-order valence-electron chi connectivity index (χ1n) is 8.57. The molecule has 1 aromatic carbocycles. The monoisotopic (exact) mass is 354 g/mol. The number of hydrogen-bond acceptors (Lipinski definition) is 5. The van der Waals surface area contributed by atoms with Crippen molar-refractivity contribution in [3.63, 3.8) is 0 Å². The summed E-state index contributed by atoms with van der Waals surface area (Å²) < 4.78 is 0. The first-order chi connectivity index (χ1) is 11.8. The van der Waals surface area contributed by atoms with Gasteiger partial charge in [0.1, 0.15) is 11.6 Å². The van der Waals surface area contributed by atoms with E-state index in [-0.39, 0.29) is 5.41 Å². The molecule has 2 aromatic rings. The van der Waals surface area contributed by atoms with Gasteiger partial charge in [-0.15, -0.1) is 0 Å². The molecule has 132 valence electrons. The molecular weight excluding hydrogens is 328 g/mol. The Balaban J connectivity index is 2.64. The average molecular weight is 355 g/mol. The lowest BCUT2D eigenvalue weighted by Gasteiger charge is -2.23. The van der Waals surface area contributed by atoms with Crippen molar-refractivity contribution in [1.82, 2.24) is 9.97 Å². The molecule has 0 atom stereocenters. The smallest absolute Gasteiger partial charge is 0.189 e. The van der Waals surface area contributed by atoms with Crippen LogP contribution in [0.5, 0.6) is 0 Å². The van der Waals surface area contributed by atoms with Gasteiger partial charge in [0.2, 0.25) is 0 Å². The Hall–Kier alpha value is -2.06. The lowest BCUT2D eigenvalue weighted by molar-refractivity contribution is 0.590. The maximum absolute atomic E-state index is 9.78. The van der Waals surface area contributed by atoms with E-state index < -0.39 is 0 Å². The predicted octanol–water partition coefficient (Wildman–Crippen LogP) is 4.88. The minimum absolute atomic E-state index is 0.0963. The van der Waals surface area contributed by atoms with E-state index in [0.29, 0.717) is 16.4 Å². The Morgan fingerprint density at radius 1 is 1.08 bits per heavy atom. The van der Waals surface area contributed by atoms with Gasteiger partial charge in [0.25, 0.3) is 0 Å². The highest BCUT2D eigenvalue weighted by Crippen LogP contribution is 2.32. The fourth-order valence-electron chi connectivity index (χ4n) is 2.71. The summed E-state index contributed by atoms with van der Waals surface area (Å²) in [7, 11) is 0. The maximum Gasteiger partial charge on any atom is 0.189 e. The fraction of sp³-hybridized carbons (Fsp3) is 0.450. The molecule has 4 nitrogen and oxygen atoms in total. The van der Waals surface area contributed by atoms with E-state index in [1.54, 1.807) is 0 Å². The first kappa shape index (κ1) is 19.3. The van der Waals surface area contributed by atoms with Gasteiger partial charge in [-0.2, -0.15) is 5.26 Å². The minimum atomic E-state index is 0.0963. The summed E-state index contributed by atoms with van der Waals surface area (Å²) in [6.45, 7) is 12.3. The zero-order valence-corrected chi connectivity index (χ0v) is 16.7. The summed E-state index contributed by atoms with van der Waals surface area (Å²) in [6.07, 6.45) is 1.96. The van der Waals surface area contributed by atoms with Gasteiger partial charge in [0.05, 0.1) is 5.69 Å². The summed E-state index contributed by atoms with van der Waals surface area (Å²) in [5.41, 5.74) is 3.57. The van der Waals surface area contributed by atoms with Crippen LogP contribution in [-0.4, -0.2) is 29.3 Å². The highest BCUT2D eigenvalue weighted by atomic mass is 32.2. The van der Waals surface area contributed by atoms with Crippen molar-refractivity contribution in [2.24, 2.45) is 0 Å². The van der Waals surface area contributed by atoms with E-state index in [1.807, 2.05) is 6.26 Å². The van der Waals surface area contributed by atoms with E-state index >= 15 is 0 Å². The van der Waals surface area contributed by atoms with Crippen LogP contribution < -0.4 is 4.90 Å². The molecular formula is C20H26N4S. The van der Waals surface area contributed by atoms with Gasteiger partial charge in [0.15, 0.2) is 11.0 Å². The second-order valence-corrected chi connectivity index (χ2v) is 7.64. The van der Waals surface area contributed by atoms with Crippen LogP contribution in [0.4, 0.5) is 5.82 Å². The van der Waals surface area contributed by atoms with Gasteiger partial charge in [-0.1, -0.05) is 56.8 Å². The number of anilines is 1. The number of nitriles is 1. The molecule has 1 heterocycles. The quantitative estimate of drug-likeness (QED) is 0.566. The number of rotatable bonds is 5. The molecule has 5 heteroatoms. The zero-order valence-electron chi connectivity index (χ0n) is 15.9. The molecule has 2 rings (SSSR count). The van der Waals surface area contributed by atoms with E-state index in [1.165, 1.54) is 17.3 Å². The number of nitrogens with zero attached hydrogens (tertiary/aromatic N) is 4.